The lowest BCUT2D eigenvalue weighted by Gasteiger charge is -2.35. The number of rotatable bonds is 2. The van der Waals surface area contributed by atoms with E-state index in [4.69, 9.17) is 0 Å². The molecule has 2 heteroatoms. The number of hydrogen-bond donors (Lipinski definition) is 1. The summed E-state index contributed by atoms with van der Waals surface area (Å²) in [5, 5.41) is 3.49. The van der Waals surface area contributed by atoms with Crippen molar-refractivity contribution in [1.29, 1.82) is 0 Å². The average Bonchev–Trinajstić information content (AvgIpc) is 2.13. The molecule has 0 saturated carbocycles. The highest BCUT2D eigenvalue weighted by molar-refractivity contribution is 7.98. The van der Waals surface area contributed by atoms with Crippen LogP contribution in [0.2, 0.25) is 0 Å². The molecule has 13 heavy (non-hydrogen) atoms. The van der Waals surface area contributed by atoms with E-state index in [0.717, 1.165) is 0 Å². The second kappa shape index (κ2) is 3.72. The third-order valence-corrected chi connectivity index (χ3v) is 3.34. The van der Waals surface area contributed by atoms with Gasteiger partial charge in [0.05, 0.1) is 0 Å². The summed E-state index contributed by atoms with van der Waals surface area (Å²) in [5.74, 6) is 0. The van der Waals surface area contributed by atoms with Crippen LogP contribution in [0, 0.1) is 0 Å². The lowest BCUT2D eigenvalue weighted by molar-refractivity contribution is 0.288. The van der Waals surface area contributed by atoms with E-state index in [-0.39, 0.29) is 0 Å². The first-order valence-electron chi connectivity index (χ1n) is 4.69. The molecule has 1 saturated heterocycles. The van der Waals surface area contributed by atoms with E-state index < -0.39 is 0 Å². The second-order valence-electron chi connectivity index (χ2n) is 3.63. The van der Waals surface area contributed by atoms with Gasteiger partial charge in [-0.1, -0.05) is 12.1 Å². The molecule has 1 heterocycles. The Balaban J connectivity index is 2.06. The molecular formula is C11H15NS. The Morgan fingerprint density at radius 1 is 1.31 bits per heavy atom. The molecule has 0 bridgehead atoms. The van der Waals surface area contributed by atoms with Gasteiger partial charge in [-0.2, -0.15) is 0 Å². The van der Waals surface area contributed by atoms with Gasteiger partial charge in [-0.3, -0.25) is 0 Å². The zero-order valence-electron chi connectivity index (χ0n) is 8.08. The number of benzene rings is 1. The largest absolute Gasteiger partial charge is 0.307 e. The fourth-order valence-corrected chi connectivity index (χ4v) is 2.15. The minimum atomic E-state index is 0.603. The lowest BCUT2D eigenvalue weighted by atomic mass is 9.92. The van der Waals surface area contributed by atoms with Crippen molar-refractivity contribution < 1.29 is 0 Å². The van der Waals surface area contributed by atoms with Crippen LogP contribution < -0.4 is 5.32 Å². The summed E-state index contributed by atoms with van der Waals surface area (Å²) in [6.45, 7) is 2.23. The van der Waals surface area contributed by atoms with Gasteiger partial charge in [-0.05, 0) is 37.3 Å². The van der Waals surface area contributed by atoms with Gasteiger partial charge >= 0.3 is 0 Å². The Bertz CT molecular complexity index is 275. The van der Waals surface area contributed by atoms with Gasteiger partial charge in [-0.15, -0.1) is 11.8 Å². The van der Waals surface area contributed by atoms with Gasteiger partial charge in [0.25, 0.3) is 0 Å². The number of thioether (sulfide) groups is 1. The average molecular weight is 193 g/mol. The molecule has 1 aromatic rings. The van der Waals surface area contributed by atoms with E-state index in [1.54, 1.807) is 11.8 Å². The number of hydrogen-bond acceptors (Lipinski definition) is 2. The summed E-state index contributed by atoms with van der Waals surface area (Å²) in [6.07, 6.45) is 3.39. The van der Waals surface area contributed by atoms with E-state index in [9.17, 15) is 0 Å². The Morgan fingerprint density at radius 3 is 2.38 bits per heavy atom. The minimum Gasteiger partial charge on any atom is -0.307 e. The summed E-state index contributed by atoms with van der Waals surface area (Å²) in [5.41, 5.74) is 1.43. The second-order valence-corrected chi connectivity index (χ2v) is 4.51. The van der Waals surface area contributed by atoms with Crippen molar-refractivity contribution in [3.05, 3.63) is 29.8 Å². The van der Waals surface area contributed by atoms with Gasteiger partial charge in [-0.25, -0.2) is 0 Å². The van der Waals surface area contributed by atoms with Crippen LogP contribution in [-0.2, 0) is 0 Å². The van der Waals surface area contributed by atoms with Crippen molar-refractivity contribution in [2.75, 3.05) is 6.26 Å². The van der Waals surface area contributed by atoms with Gasteiger partial charge < -0.3 is 5.32 Å². The predicted molar refractivity (Wildman–Crippen MR) is 58.2 cm³/mol. The van der Waals surface area contributed by atoms with Crippen LogP contribution in [0.1, 0.15) is 24.9 Å². The molecule has 1 N–H and O–H groups in total. The summed E-state index contributed by atoms with van der Waals surface area (Å²) in [7, 11) is 0. The van der Waals surface area contributed by atoms with Crippen molar-refractivity contribution in [2.24, 2.45) is 0 Å². The van der Waals surface area contributed by atoms with Crippen molar-refractivity contribution in [3.63, 3.8) is 0 Å². The zero-order valence-corrected chi connectivity index (χ0v) is 8.90. The van der Waals surface area contributed by atoms with Crippen LogP contribution in [0.3, 0.4) is 0 Å². The van der Waals surface area contributed by atoms with Crippen LogP contribution in [0.5, 0.6) is 0 Å². The lowest BCUT2D eigenvalue weighted by Crippen LogP contribution is -2.43. The first-order chi connectivity index (χ1) is 6.29. The molecule has 1 aliphatic rings. The minimum absolute atomic E-state index is 0.603. The fourth-order valence-electron chi connectivity index (χ4n) is 1.74. The van der Waals surface area contributed by atoms with Crippen molar-refractivity contribution in [1.82, 2.24) is 5.32 Å². The maximum absolute atomic E-state index is 3.49. The standard InChI is InChI=1S/C11H15NS/c1-8-7-11(12-8)9-3-5-10(13-2)6-4-9/h3-6,8,11-12H,7H2,1-2H3. The molecule has 1 fully saturated rings. The third kappa shape index (κ3) is 1.89. The molecule has 0 radical (unpaired) electrons. The summed E-state index contributed by atoms with van der Waals surface area (Å²) >= 11 is 1.79. The van der Waals surface area contributed by atoms with Crippen LogP contribution >= 0.6 is 11.8 Å². The Labute approximate surface area is 83.9 Å². The molecule has 0 amide bonds. The van der Waals surface area contributed by atoms with Crippen LogP contribution in [-0.4, -0.2) is 12.3 Å². The molecule has 0 aromatic heterocycles. The Morgan fingerprint density at radius 2 is 1.92 bits per heavy atom. The van der Waals surface area contributed by atoms with Crippen LogP contribution in [0.25, 0.3) is 0 Å². The molecular weight excluding hydrogens is 178 g/mol. The van der Waals surface area contributed by atoms with Gasteiger partial charge in [0, 0.05) is 17.0 Å². The Hall–Kier alpha value is -0.470. The van der Waals surface area contributed by atoms with Gasteiger partial charge in [0.15, 0.2) is 0 Å². The molecule has 0 spiro atoms. The molecule has 2 unspecified atom stereocenters. The molecule has 70 valence electrons. The van der Waals surface area contributed by atoms with Crippen molar-refractivity contribution in [3.8, 4) is 0 Å². The molecule has 1 aliphatic heterocycles. The van der Waals surface area contributed by atoms with Crippen LogP contribution in [0.15, 0.2) is 29.2 Å². The summed E-state index contributed by atoms with van der Waals surface area (Å²) < 4.78 is 0. The summed E-state index contributed by atoms with van der Waals surface area (Å²) in [6, 6.07) is 10.2. The first kappa shape index (κ1) is 9.10. The van der Waals surface area contributed by atoms with Gasteiger partial charge in [0.1, 0.15) is 0 Å². The SMILES string of the molecule is CSc1ccc(C2CC(C)N2)cc1. The quantitative estimate of drug-likeness (QED) is 0.725. The topological polar surface area (TPSA) is 12.0 Å². The van der Waals surface area contributed by atoms with E-state index in [1.807, 2.05) is 0 Å². The van der Waals surface area contributed by atoms with Crippen molar-refractivity contribution in [2.45, 2.75) is 30.3 Å². The maximum atomic E-state index is 3.49. The normalized spacial score (nSPS) is 26.9. The third-order valence-electron chi connectivity index (χ3n) is 2.59. The van der Waals surface area contributed by atoms with Crippen molar-refractivity contribution >= 4 is 11.8 Å². The first-order valence-corrected chi connectivity index (χ1v) is 5.92. The maximum Gasteiger partial charge on any atom is 0.0337 e. The summed E-state index contributed by atoms with van der Waals surface area (Å²) in [4.78, 5) is 1.34. The van der Waals surface area contributed by atoms with Gasteiger partial charge in [0.2, 0.25) is 0 Å². The van der Waals surface area contributed by atoms with E-state index in [2.05, 4.69) is 42.8 Å². The molecule has 2 rings (SSSR count). The van der Waals surface area contributed by atoms with E-state index >= 15 is 0 Å². The highest BCUT2D eigenvalue weighted by Crippen LogP contribution is 2.28. The monoisotopic (exact) mass is 193 g/mol. The molecule has 0 aliphatic carbocycles. The highest BCUT2D eigenvalue weighted by atomic mass is 32.2. The molecule has 2 atom stereocenters. The fraction of sp³-hybridized carbons (Fsp3) is 0.455. The number of nitrogens with one attached hydrogen (secondary N) is 1. The molecule has 1 nitrogen and oxygen atoms in total. The van der Waals surface area contributed by atoms with Crippen LogP contribution in [0.4, 0.5) is 0 Å². The zero-order chi connectivity index (χ0) is 9.26. The predicted octanol–water partition coefficient (Wildman–Crippen LogP) is 2.83. The molecule has 1 aromatic carbocycles. The smallest absolute Gasteiger partial charge is 0.0337 e. The highest BCUT2D eigenvalue weighted by Gasteiger charge is 2.24. The Kier molecular flexibility index (Phi) is 2.61. The van der Waals surface area contributed by atoms with E-state index in [1.165, 1.54) is 16.9 Å². The van der Waals surface area contributed by atoms with E-state index in [0.29, 0.717) is 12.1 Å².